The molecule has 2 aromatic heterocycles. The van der Waals surface area contributed by atoms with Gasteiger partial charge in [0.05, 0.1) is 23.7 Å². The van der Waals surface area contributed by atoms with Gasteiger partial charge in [0, 0.05) is 10.6 Å². The summed E-state index contributed by atoms with van der Waals surface area (Å²) in [6.45, 7) is 0. The Morgan fingerprint density at radius 2 is 1.84 bits per heavy atom. The van der Waals surface area contributed by atoms with Gasteiger partial charge in [-0.2, -0.15) is 0 Å². The molecule has 2 aromatic carbocycles. The molecule has 5 rings (SSSR count). The van der Waals surface area contributed by atoms with Crippen molar-refractivity contribution in [3.05, 3.63) is 86.5 Å². The van der Waals surface area contributed by atoms with Crippen LogP contribution in [0.5, 0.6) is 0 Å². The van der Waals surface area contributed by atoms with Gasteiger partial charge in [0.25, 0.3) is 5.56 Å². The number of aryl methyl sites for hydroxylation is 2. The number of hydrogen-bond acceptors (Lipinski definition) is 6. The van der Waals surface area contributed by atoms with Crippen LogP contribution in [0, 0.1) is 0 Å². The number of methoxy groups -OCH3 is 1. The summed E-state index contributed by atoms with van der Waals surface area (Å²) in [5.74, 6) is 0.285. The fraction of sp³-hybridized carbons (Fsp3) is 0.240. The molecule has 32 heavy (non-hydrogen) atoms. The maximum Gasteiger partial charge on any atom is 0.337 e. The SMILES string of the molecule is COC(=O)c1ccc(CSc2nc3sc4c(c3c(=O)n2-c2ccccc2)CCCC4)cc1. The highest BCUT2D eigenvalue weighted by molar-refractivity contribution is 7.98. The number of carbonyl (C=O) groups is 1. The second kappa shape index (κ2) is 8.92. The van der Waals surface area contributed by atoms with Gasteiger partial charge < -0.3 is 4.74 Å². The third kappa shape index (κ3) is 3.87. The van der Waals surface area contributed by atoms with Gasteiger partial charge in [0.15, 0.2) is 5.16 Å². The smallest absolute Gasteiger partial charge is 0.337 e. The number of hydrogen-bond donors (Lipinski definition) is 0. The van der Waals surface area contributed by atoms with E-state index in [1.807, 2.05) is 42.5 Å². The summed E-state index contributed by atoms with van der Waals surface area (Å²) in [5, 5.41) is 1.48. The number of benzene rings is 2. The summed E-state index contributed by atoms with van der Waals surface area (Å²) in [6, 6.07) is 17.1. The highest BCUT2D eigenvalue weighted by Gasteiger charge is 2.23. The van der Waals surface area contributed by atoms with Crippen LogP contribution < -0.4 is 5.56 Å². The molecule has 0 bridgehead atoms. The Morgan fingerprint density at radius 1 is 1.09 bits per heavy atom. The van der Waals surface area contributed by atoms with Gasteiger partial charge >= 0.3 is 5.97 Å². The van der Waals surface area contributed by atoms with Crippen molar-refractivity contribution in [2.75, 3.05) is 7.11 Å². The molecule has 1 aliphatic rings. The number of thioether (sulfide) groups is 1. The zero-order valence-electron chi connectivity index (χ0n) is 17.7. The van der Waals surface area contributed by atoms with Gasteiger partial charge in [-0.25, -0.2) is 9.78 Å². The molecule has 7 heteroatoms. The number of carbonyl (C=O) groups excluding carboxylic acids is 1. The molecule has 0 fully saturated rings. The maximum absolute atomic E-state index is 13.7. The minimum Gasteiger partial charge on any atom is -0.465 e. The number of rotatable bonds is 5. The minimum atomic E-state index is -0.351. The van der Waals surface area contributed by atoms with E-state index in [1.165, 1.54) is 35.7 Å². The number of para-hydroxylation sites is 1. The summed E-state index contributed by atoms with van der Waals surface area (Å²) in [4.78, 5) is 32.5. The molecule has 0 radical (unpaired) electrons. The van der Waals surface area contributed by atoms with Gasteiger partial charge in [0.2, 0.25) is 0 Å². The molecule has 4 aromatic rings. The van der Waals surface area contributed by atoms with Gasteiger partial charge in [0.1, 0.15) is 4.83 Å². The summed E-state index contributed by atoms with van der Waals surface area (Å²) < 4.78 is 6.52. The van der Waals surface area contributed by atoms with Gasteiger partial charge in [-0.15, -0.1) is 11.3 Å². The van der Waals surface area contributed by atoms with Crippen molar-refractivity contribution in [2.24, 2.45) is 0 Å². The fourth-order valence-electron chi connectivity index (χ4n) is 4.09. The third-order valence-electron chi connectivity index (χ3n) is 5.72. The van der Waals surface area contributed by atoms with E-state index in [4.69, 9.17) is 9.72 Å². The molecule has 0 aliphatic heterocycles. The van der Waals surface area contributed by atoms with E-state index in [1.54, 1.807) is 28.0 Å². The number of thiophene rings is 1. The first kappa shape index (κ1) is 21.0. The van der Waals surface area contributed by atoms with Crippen LogP contribution >= 0.6 is 23.1 Å². The summed E-state index contributed by atoms with van der Waals surface area (Å²) in [7, 11) is 1.37. The Bertz CT molecular complexity index is 1340. The van der Waals surface area contributed by atoms with E-state index < -0.39 is 0 Å². The van der Waals surface area contributed by atoms with Crippen LogP contribution in [-0.4, -0.2) is 22.6 Å². The third-order valence-corrected chi connectivity index (χ3v) is 7.91. The van der Waals surface area contributed by atoms with Crippen LogP contribution in [0.3, 0.4) is 0 Å². The summed E-state index contributed by atoms with van der Waals surface area (Å²) in [5.41, 5.74) is 3.61. The van der Waals surface area contributed by atoms with E-state index in [-0.39, 0.29) is 11.5 Å². The number of ether oxygens (including phenoxy) is 1. The number of esters is 1. The molecule has 0 spiro atoms. The Kier molecular flexibility index (Phi) is 5.85. The van der Waals surface area contributed by atoms with Gasteiger partial charge in [-0.3, -0.25) is 9.36 Å². The Labute approximate surface area is 194 Å². The topological polar surface area (TPSA) is 61.2 Å². The van der Waals surface area contributed by atoms with E-state index in [2.05, 4.69) is 0 Å². The molecule has 0 amide bonds. The predicted molar refractivity (Wildman–Crippen MR) is 129 cm³/mol. The molecule has 162 valence electrons. The lowest BCUT2D eigenvalue weighted by molar-refractivity contribution is 0.0600. The molecule has 0 atom stereocenters. The Balaban J connectivity index is 1.55. The maximum atomic E-state index is 13.7. The molecule has 0 N–H and O–H groups in total. The average molecular weight is 463 g/mol. The minimum absolute atomic E-state index is 0.0177. The highest BCUT2D eigenvalue weighted by atomic mass is 32.2. The molecule has 0 unspecified atom stereocenters. The summed E-state index contributed by atoms with van der Waals surface area (Å²) in [6.07, 6.45) is 4.30. The van der Waals surface area contributed by atoms with Crippen molar-refractivity contribution in [1.82, 2.24) is 9.55 Å². The Morgan fingerprint density at radius 3 is 2.59 bits per heavy atom. The first-order valence-electron chi connectivity index (χ1n) is 10.6. The molecule has 1 aliphatic carbocycles. The lowest BCUT2D eigenvalue weighted by atomic mass is 9.97. The Hall–Kier alpha value is -2.90. The van der Waals surface area contributed by atoms with Crippen molar-refractivity contribution in [3.63, 3.8) is 0 Å². The van der Waals surface area contributed by atoms with Gasteiger partial charge in [-0.05, 0) is 61.1 Å². The molecule has 0 saturated carbocycles. The van der Waals surface area contributed by atoms with Crippen LogP contribution in [0.25, 0.3) is 15.9 Å². The summed E-state index contributed by atoms with van der Waals surface area (Å²) >= 11 is 3.20. The van der Waals surface area contributed by atoms with E-state index >= 15 is 0 Å². The van der Waals surface area contributed by atoms with Crippen LogP contribution in [-0.2, 0) is 23.3 Å². The molecular formula is C25H22N2O3S2. The first-order valence-corrected chi connectivity index (χ1v) is 12.4. The largest absolute Gasteiger partial charge is 0.465 e. The van der Waals surface area contributed by atoms with Crippen LogP contribution in [0.15, 0.2) is 64.5 Å². The zero-order valence-corrected chi connectivity index (χ0v) is 19.3. The molecule has 2 heterocycles. The predicted octanol–water partition coefficient (Wildman–Crippen LogP) is 5.40. The number of fused-ring (bicyclic) bond motifs is 3. The van der Waals surface area contributed by atoms with Crippen molar-refractivity contribution < 1.29 is 9.53 Å². The second-order valence-electron chi connectivity index (χ2n) is 7.74. The standard InChI is InChI=1S/C25H22N2O3S2/c1-30-24(29)17-13-11-16(12-14-17)15-31-25-26-22-21(19-9-5-6-10-20(19)32-22)23(28)27(25)18-7-3-2-4-8-18/h2-4,7-8,11-14H,5-6,9-10,15H2,1H3. The number of nitrogens with zero attached hydrogens (tertiary/aromatic N) is 2. The second-order valence-corrected chi connectivity index (χ2v) is 9.76. The van der Waals surface area contributed by atoms with E-state index in [0.717, 1.165) is 40.7 Å². The monoisotopic (exact) mass is 462 g/mol. The van der Waals surface area contributed by atoms with Crippen LogP contribution in [0.2, 0.25) is 0 Å². The zero-order chi connectivity index (χ0) is 22.1. The van der Waals surface area contributed by atoms with Crippen LogP contribution in [0.4, 0.5) is 0 Å². The van der Waals surface area contributed by atoms with E-state index in [0.29, 0.717) is 16.5 Å². The van der Waals surface area contributed by atoms with Crippen molar-refractivity contribution in [3.8, 4) is 5.69 Å². The normalized spacial score (nSPS) is 13.2. The highest BCUT2D eigenvalue weighted by Crippen LogP contribution is 2.35. The van der Waals surface area contributed by atoms with E-state index in [9.17, 15) is 9.59 Å². The fourth-order valence-corrected chi connectivity index (χ4v) is 6.36. The number of aromatic nitrogens is 2. The van der Waals surface area contributed by atoms with Gasteiger partial charge in [-0.1, -0.05) is 42.1 Å². The first-order chi connectivity index (χ1) is 15.7. The molecular weight excluding hydrogens is 440 g/mol. The lowest BCUT2D eigenvalue weighted by Crippen LogP contribution is -2.22. The molecule has 5 nitrogen and oxygen atoms in total. The quantitative estimate of drug-likeness (QED) is 0.226. The van der Waals surface area contributed by atoms with Crippen molar-refractivity contribution in [2.45, 2.75) is 36.6 Å². The van der Waals surface area contributed by atoms with Crippen molar-refractivity contribution >= 4 is 39.3 Å². The average Bonchev–Trinajstić information content (AvgIpc) is 3.22. The lowest BCUT2D eigenvalue weighted by Gasteiger charge is -2.13. The molecule has 0 saturated heterocycles. The van der Waals surface area contributed by atoms with Crippen LogP contribution in [0.1, 0.15) is 39.2 Å². The van der Waals surface area contributed by atoms with Crippen molar-refractivity contribution in [1.29, 1.82) is 0 Å².